The van der Waals surface area contributed by atoms with Gasteiger partial charge in [0.25, 0.3) is 0 Å². The molecule has 0 radical (unpaired) electrons. The van der Waals surface area contributed by atoms with Crippen molar-refractivity contribution in [3.8, 4) is 0 Å². The lowest BCUT2D eigenvalue weighted by atomic mass is 9.66. The van der Waals surface area contributed by atoms with Crippen LogP contribution in [0.15, 0.2) is 58.8 Å². The van der Waals surface area contributed by atoms with Crippen LogP contribution in [0.4, 0.5) is 0 Å². The Morgan fingerprint density at radius 2 is 0.960 bits per heavy atom. The third kappa shape index (κ3) is 1.20. The van der Waals surface area contributed by atoms with E-state index in [0.29, 0.717) is 23.7 Å². The quantitative estimate of drug-likeness (QED) is 0.574. The van der Waals surface area contributed by atoms with Crippen LogP contribution >= 0.6 is 23.2 Å². The Bertz CT molecular complexity index is 892. The van der Waals surface area contributed by atoms with Gasteiger partial charge < -0.3 is 0 Å². The molecule has 1 heterocycles. The van der Waals surface area contributed by atoms with Crippen LogP contribution in [0.3, 0.4) is 0 Å². The number of halogens is 2. The zero-order chi connectivity index (χ0) is 16.5. The molecule has 0 amide bonds. The van der Waals surface area contributed by atoms with Crippen LogP contribution in [0.25, 0.3) is 0 Å². The molecule has 4 aliphatic carbocycles. The van der Waals surface area contributed by atoms with E-state index in [1.165, 1.54) is 22.3 Å². The van der Waals surface area contributed by atoms with E-state index in [2.05, 4.69) is 48.5 Å². The summed E-state index contributed by atoms with van der Waals surface area (Å²) in [6.45, 7) is 0. The van der Waals surface area contributed by atoms with Crippen molar-refractivity contribution in [1.29, 1.82) is 0 Å². The molecule has 1 spiro atoms. The number of alkyl halides is 2. The average Bonchev–Trinajstić information content (AvgIpc) is 3.21. The SMILES string of the molecule is ClC1C2N=NC3C(Cl)C4c5ccccc5C3C43C1c1ccccc1C23. The van der Waals surface area contributed by atoms with E-state index in [1.54, 1.807) is 0 Å². The second-order valence-corrected chi connectivity index (χ2v) is 9.28. The largest absolute Gasteiger partial charge is 0.188 e. The van der Waals surface area contributed by atoms with Crippen LogP contribution < -0.4 is 0 Å². The van der Waals surface area contributed by atoms with Crippen LogP contribution in [-0.2, 0) is 0 Å². The smallest absolute Gasteiger partial charge is 0.0952 e. The first-order valence-corrected chi connectivity index (χ1v) is 9.99. The lowest BCUT2D eigenvalue weighted by Gasteiger charge is -2.36. The van der Waals surface area contributed by atoms with Crippen LogP contribution in [-0.4, -0.2) is 22.8 Å². The first-order chi connectivity index (χ1) is 12.3. The van der Waals surface area contributed by atoms with Crippen LogP contribution in [0.1, 0.15) is 45.9 Å². The van der Waals surface area contributed by atoms with Gasteiger partial charge in [0.15, 0.2) is 0 Å². The molecule has 0 saturated heterocycles. The maximum atomic E-state index is 7.05. The lowest BCUT2D eigenvalue weighted by Crippen LogP contribution is -2.31. The number of benzene rings is 2. The third-order valence-electron chi connectivity index (χ3n) is 7.79. The fourth-order valence-corrected chi connectivity index (χ4v) is 8.52. The molecule has 2 saturated carbocycles. The first-order valence-electron chi connectivity index (χ1n) is 9.12. The Morgan fingerprint density at radius 1 is 0.600 bits per heavy atom. The molecule has 0 aromatic heterocycles. The molecule has 8 unspecified atom stereocenters. The van der Waals surface area contributed by atoms with E-state index in [1.807, 2.05) is 0 Å². The first kappa shape index (κ1) is 13.8. The van der Waals surface area contributed by atoms with Crippen molar-refractivity contribution in [3.63, 3.8) is 0 Å². The second kappa shape index (κ2) is 4.13. The van der Waals surface area contributed by atoms with Crippen LogP contribution in [0.5, 0.6) is 0 Å². The average molecular weight is 367 g/mol. The molecule has 2 fully saturated rings. The summed E-state index contributed by atoms with van der Waals surface area (Å²) in [5, 5.41) is 9.59. The van der Waals surface area contributed by atoms with Gasteiger partial charge in [-0.1, -0.05) is 48.5 Å². The van der Waals surface area contributed by atoms with Crippen molar-refractivity contribution in [1.82, 2.24) is 0 Å². The monoisotopic (exact) mass is 366 g/mol. The minimum absolute atomic E-state index is 0.0193. The van der Waals surface area contributed by atoms with E-state index < -0.39 is 0 Å². The number of azo groups is 1. The normalized spacial score (nSPS) is 49.2. The van der Waals surface area contributed by atoms with Gasteiger partial charge in [-0.15, -0.1) is 23.2 Å². The summed E-state index contributed by atoms with van der Waals surface area (Å²) in [5.41, 5.74) is 5.83. The van der Waals surface area contributed by atoms with Crippen molar-refractivity contribution in [2.24, 2.45) is 15.6 Å². The molecule has 1 aliphatic heterocycles. The highest BCUT2D eigenvalue weighted by molar-refractivity contribution is 6.23. The molecular formula is C21H16Cl2N2. The van der Waals surface area contributed by atoms with Gasteiger partial charge in [0.05, 0.1) is 22.8 Å². The Balaban J connectivity index is 1.62. The summed E-state index contributed by atoms with van der Waals surface area (Å²) < 4.78 is 0. The lowest BCUT2D eigenvalue weighted by molar-refractivity contribution is 0.215. The summed E-state index contributed by atoms with van der Waals surface area (Å²) in [6.07, 6.45) is 0. The van der Waals surface area contributed by atoms with Gasteiger partial charge in [0.2, 0.25) is 0 Å². The zero-order valence-corrected chi connectivity index (χ0v) is 14.9. The number of hydrogen-bond acceptors (Lipinski definition) is 2. The van der Waals surface area contributed by atoms with Crippen molar-refractivity contribution >= 4 is 23.2 Å². The Labute approximate surface area is 156 Å². The molecular weight excluding hydrogens is 351 g/mol. The number of fused-ring (bicyclic) bond motifs is 4. The molecule has 124 valence electrons. The van der Waals surface area contributed by atoms with Crippen LogP contribution in [0.2, 0.25) is 0 Å². The van der Waals surface area contributed by atoms with E-state index in [0.717, 1.165) is 0 Å². The number of nitrogens with zero attached hydrogens (tertiary/aromatic N) is 2. The predicted octanol–water partition coefficient (Wildman–Crippen LogP) is 5.18. The Kier molecular flexibility index (Phi) is 2.27. The van der Waals surface area contributed by atoms with E-state index in [-0.39, 0.29) is 28.3 Å². The molecule has 0 N–H and O–H groups in total. The van der Waals surface area contributed by atoms with Gasteiger partial charge in [-0.25, -0.2) is 0 Å². The van der Waals surface area contributed by atoms with Crippen molar-refractivity contribution in [2.45, 2.75) is 46.5 Å². The molecule has 4 heteroatoms. The third-order valence-corrected chi connectivity index (χ3v) is 8.81. The maximum Gasteiger partial charge on any atom is 0.0952 e. The Morgan fingerprint density at radius 3 is 1.36 bits per heavy atom. The summed E-state index contributed by atoms with van der Waals surface area (Å²) >= 11 is 14.1. The molecule has 7 bridgehead atoms. The zero-order valence-electron chi connectivity index (χ0n) is 13.4. The fourth-order valence-electron chi connectivity index (χ4n) is 7.42. The van der Waals surface area contributed by atoms with Gasteiger partial charge in [0, 0.05) is 29.1 Å². The molecule has 2 aromatic carbocycles. The number of hydrogen-bond donors (Lipinski definition) is 0. The highest BCUT2D eigenvalue weighted by Crippen LogP contribution is 2.84. The van der Waals surface area contributed by atoms with E-state index in [9.17, 15) is 0 Å². The summed E-state index contributed by atoms with van der Waals surface area (Å²) in [4.78, 5) is 0. The molecule has 5 aliphatic rings. The number of rotatable bonds is 0. The summed E-state index contributed by atoms with van der Waals surface area (Å²) in [6, 6.07) is 17.9. The maximum absolute atomic E-state index is 7.05. The van der Waals surface area contributed by atoms with Crippen LogP contribution in [0, 0.1) is 5.41 Å². The predicted molar refractivity (Wildman–Crippen MR) is 98.0 cm³/mol. The fraction of sp³-hybridized carbons (Fsp3) is 0.429. The Hall–Kier alpha value is -1.38. The molecule has 7 rings (SSSR count). The minimum atomic E-state index is 0.0193. The minimum Gasteiger partial charge on any atom is -0.188 e. The highest BCUT2D eigenvalue weighted by atomic mass is 35.5. The molecule has 2 nitrogen and oxygen atoms in total. The van der Waals surface area contributed by atoms with Gasteiger partial charge in [-0.05, 0) is 22.3 Å². The van der Waals surface area contributed by atoms with Gasteiger partial charge in [0.1, 0.15) is 0 Å². The summed E-state index contributed by atoms with van der Waals surface area (Å²) in [5.74, 6) is 1.34. The topological polar surface area (TPSA) is 24.7 Å². The van der Waals surface area contributed by atoms with Crippen molar-refractivity contribution in [2.75, 3.05) is 0 Å². The van der Waals surface area contributed by atoms with Gasteiger partial charge >= 0.3 is 0 Å². The second-order valence-electron chi connectivity index (χ2n) is 8.27. The molecule has 2 aromatic rings. The van der Waals surface area contributed by atoms with Crippen molar-refractivity contribution in [3.05, 3.63) is 70.8 Å². The van der Waals surface area contributed by atoms with Gasteiger partial charge in [-0.3, -0.25) is 0 Å². The standard InChI is InChI=1S/C21H16Cl2N2/c22-17-13-9-5-1-3-7-11(9)15-19(17)24-25-20-16-12-8-4-2-6-10(12)14(18(20)23)21(13,15)16/h1-8,13-20H. The summed E-state index contributed by atoms with van der Waals surface area (Å²) in [7, 11) is 0. The highest BCUT2D eigenvalue weighted by Gasteiger charge is 2.80. The van der Waals surface area contributed by atoms with Crippen molar-refractivity contribution < 1.29 is 0 Å². The van der Waals surface area contributed by atoms with E-state index in [4.69, 9.17) is 33.4 Å². The molecule has 8 atom stereocenters. The van der Waals surface area contributed by atoms with Gasteiger partial charge in [-0.2, -0.15) is 10.2 Å². The van der Waals surface area contributed by atoms with E-state index >= 15 is 0 Å². The molecule has 25 heavy (non-hydrogen) atoms.